The lowest BCUT2D eigenvalue weighted by atomic mass is 10.2. The van der Waals surface area contributed by atoms with E-state index >= 15 is 0 Å². The topological polar surface area (TPSA) is 39.2 Å². The quantitative estimate of drug-likeness (QED) is 0.454. The van der Waals surface area contributed by atoms with Crippen LogP contribution in [0.4, 0.5) is 17.1 Å². The molecule has 1 heterocycles. The minimum atomic E-state index is 0.0134. The van der Waals surface area contributed by atoms with Crippen LogP contribution in [-0.4, -0.2) is 4.98 Å². The fourth-order valence-corrected chi connectivity index (χ4v) is 3.85. The normalized spacial score (nSPS) is 11.7. The van der Waals surface area contributed by atoms with Gasteiger partial charge in [-0.25, -0.2) is 4.98 Å². The number of nitrogens with zero attached hydrogens (tertiary/aromatic N) is 2. The van der Waals surface area contributed by atoms with Gasteiger partial charge in [-0.05, 0) is 48.5 Å². The summed E-state index contributed by atoms with van der Waals surface area (Å²) >= 11 is 1.53. The van der Waals surface area contributed by atoms with E-state index in [4.69, 9.17) is 0 Å². The molecule has 0 aliphatic rings. The van der Waals surface area contributed by atoms with Crippen molar-refractivity contribution < 1.29 is 5.11 Å². The summed E-state index contributed by atoms with van der Waals surface area (Å²) < 4.78 is 1.07. The van der Waals surface area contributed by atoms with Crippen LogP contribution in [0.25, 0.3) is 16.3 Å². The monoisotopic (exact) mass is 357 g/mol. The summed E-state index contributed by atoms with van der Waals surface area (Å²) in [6.07, 6.45) is 1.58. The highest BCUT2D eigenvalue weighted by atomic mass is 32.1. The number of rotatable bonds is 4. The molecule has 0 bridgehead atoms. The van der Waals surface area contributed by atoms with Crippen molar-refractivity contribution in [2.45, 2.75) is 6.92 Å². The fraction of sp³-hybridized carbons (Fsp3) is 0.0455. The van der Waals surface area contributed by atoms with Gasteiger partial charge in [0.1, 0.15) is 5.01 Å². The first-order valence-corrected chi connectivity index (χ1v) is 9.18. The van der Waals surface area contributed by atoms with E-state index in [1.54, 1.807) is 13.0 Å². The largest absolute Gasteiger partial charge is 0.876 e. The van der Waals surface area contributed by atoms with Gasteiger partial charge in [0, 0.05) is 17.1 Å². The lowest BCUT2D eigenvalue weighted by molar-refractivity contribution is -0.299. The van der Waals surface area contributed by atoms with Crippen molar-refractivity contribution in [2.75, 3.05) is 4.90 Å². The zero-order chi connectivity index (χ0) is 17.9. The number of benzene rings is 3. The first kappa shape index (κ1) is 16.4. The molecule has 0 N–H and O–H groups in total. The molecule has 0 radical (unpaired) electrons. The highest BCUT2D eigenvalue weighted by Gasteiger charge is 2.13. The SMILES string of the molecule is C/C([O-])=C/c1nc2cc(N(c3ccccc3)c3ccccc3)ccc2s1. The molecule has 4 aromatic rings. The molecule has 3 aromatic carbocycles. The van der Waals surface area contributed by atoms with E-state index in [2.05, 4.69) is 52.3 Å². The number of hydrogen-bond donors (Lipinski definition) is 0. The van der Waals surface area contributed by atoms with E-state index in [9.17, 15) is 5.11 Å². The van der Waals surface area contributed by atoms with Crippen molar-refractivity contribution in [3.8, 4) is 0 Å². The third-order valence-electron chi connectivity index (χ3n) is 4.00. The smallest absolute Gasteiger partial charge is 0.116 e. The molecule has 3 nitrogen and oxygen atoms in total. The minimum Gasteiger partial charge on any atom is -0.876 e. The predicted octanol–water partition coefficient (Wildman–Crippen LogP) is 5.49. The van der Waals surface area contributed by atoms with Gasteiger partial charge in [-0.3, -0.25) is 0 Å². The number of aromatic nitrogens is 1. The van der Waals surface area contributed by atoms with Crippen molar-refractivity contribution in [3.05, 3.63) is 89.6 Å². The summed E-state index contributed by atoms with van der Waals surface area (Å²) in [4.78, 5) is 6.80. The minimum absolute atomic E-state index is 0.0134. The van der Waals surface area contributed by atoms with Gasteiger partial charge >= 0.3 is 0 Å². The Morgan fingerprint density at radius 2 is 1.50 bits per heavy atom. The lowest BCUT2D eigenvalue weighted by Crippen LogP contribution is -2.09. The second-order valence-electron chi connectivity index (χ2n) is 5.97. The van der Waals surface area contributed by atoms with Gasteiger partial charge < -0.3 is 10.0 Å². The molecule has 0 saturated carbocycles. The summed E-state index contributed by atoms with van der Waals surface area (Å²) in [5.41, 5.74) is 4.11. The molecule has 0 amide bonds. The molecule has 128 valence electrons. The van der Waals surface area contributed by atoms with Crippen LogP contribution < -0.4 is 10.0 Å². The molecule has 26 heavy (non-hydrogen) atoms. The van der Waals surface area contributed by atoms with Gasteiger partial charge in [0.05, 0.1) is 10.2 Å². The third kappa shape index (κ3) is 3.32. The van der Waals surface area contributed by atoms with Crippen molar-refractivity contribution in [1.29, 1.82) is 0 Å². The van der Waals surface area contributed by atoms with E-state index in [0.717, 1.165) is 32.3 Å². The van der Waals surface area contributed by atoms with Gasteiger partial charge in [0.2, 0.25) is 0 Å². The Balaban J connectivity index is 1.84. The zero-order valence-electron chi connectivity index (χ0n) is 14.3. The molecule has 4 rings (SSSR count). The van der Waals surface area contributed by atoms with Crippen molar-refractivity contribution in [1.82, 2.24) is 4.98 Å². The van der Waals surface area contributed by atoms with E-state index < -0.39 is 0 Å². The number of para-hydroxylation sites is 2. The molecular formula is C22H17N2OS-. The third-order valence-corrected chi connectivity index (χ3v) is 4.98. The van der Waals surface area contributed by atoms with E-state index in [0.29, 0.717) is 0 Å². The van der Waals surface area contributed by atoms with Crippen LogP contribution in [0.15, 0.2) is 84.6 Å². The summed E-state index contributed by atoms with van der Waals surface area (Å²) in [7, 11) is 0. The van der Waals surface area contributed by atoms with E-state index in [1.807, 2.05) is 36.4 Å². The summed E-state index contributed by atoms with van der Waals surface area (Å²) in [5.74, 6) is 0.0134. The van der Waals surface area contributed by atoms with Crippen molar-refractivity contribution >= 4 is 44.7 Å². The van der Waals surface area contributed by atoms with Gasteiger partial charge in [0.25, 0.3) is 0 Å². The van der Waals surface area contributed by atoms with Gasteiger partial charge in [-0.15, -0.1) is 17.1 Å². The average Bonchev–Trinajstić information content (AvgIpc) is 3.04. The second-order valence-corrected chi connectivity index (χ2v) is 7.03. The first-order chi connectivity index (χ1) is 12.7. The molecule has 0 fully saturated rings. The van der Waals surface area contributed by atoms with Crippen LogP contribution in [0.1, 0.15) is 11.9 Å². The van der Waals surface area contributed by atoms with E-state index in [1.165, 1.54) is 11.3 Å². The van der Waals surface area contributed by atoms with E-state index in [-0.39, 0.29) is 5.76 Å². The van der Waals surface area contributed by atoms with Crippen LogP contribution in [0.5, 0.6) is 0 Å². The van der Waals surface area contributed by atoms with Gasteiger partial charge in [-0.1, -0.05) is 43.3 Å². The maximum atomic E-state index is 11.3. The maximum absolute atomic E-state index is 11.3. The summed E-state index contributed by atoms with van der Waals surface area (Å²) in [6, 6.07) is 26.8. The van der Waals surface area contributed by atoms with Crippen LogP contribution in [0.3, 0.4) is 0 Å². The molecular weight excluding hydrogens is 340 g/mol. The Labute approximate surface area is 156 Å². The van der Waals surface area contributed by atoms with Gasteiger partial charge in [-0.2, -0.15) is 0 Å². The van der Waals surface area contributed by atoms with Crippen LogP contribution >= 0.6 is 11.3 Å². The van der Waals surface area contributed by atoms with Crippen LogP contribution in [-0.2, 0) is 0 Å². The molecule has 4 heteroatoms. The highest BCUT2D eigenvalue weighted by molar-refractivity contribution is 7.19. The number of anilines is 3. The number of allylic oxidation sites excluding steroid dienone is 1. The summed E-state index contributed by atoms with van der Waals surface area (Å²) in [6.45, 7) is 1.55. The molecule has 1 aromatic heterocycles. The molecule has 0 spiro atoms. The number of thiazole rings is 1. The summed E-state index contributed by atoms with van der Waals surface area (Å²) in [5, 5.41) is 12.1. The Hall–Kier alpha value is -3.11. The van der Waals surface area contributed by atoms with Gasteiger partial charge in [0.15, 0.2) is 0 Å². The Bertz CT molecular complexity index is 1010. The van der Waals surface area contributed by atoms with Crippen molar-refractivity contribution in [3.63, 3.8) is 0 Å². The highest BCUT2D eigenvalue weighted by Crippen LogP contribution is 2.36. The number of hydrogen-bond acceptors (Lipinski definition) is 4. The molecule has 0 aliphatic heterocycles. The zero-order valence-corrected chi connectivity index (χ0v) is 15.1. The Morgan fingerprint density at radius 3 is 2.08 bits per heavy atom. The molecule has 0 atom stereocenters. The van der Waals surface area contributed by atoms with Crippen LogP contribution in [0.2, 0.25) is 0 Å². The van der Waals surface area contributed by atoms with Crippen LogP contribution in [0, 0.1) is 0 Å². The lowest BCUT2D eigenvalue weighted by Gasteiger charge is -2.25. The predicted molar refractivity (Wildman–Crippen MR) is 108 cm³/mol. The molecule has 0 unspecified atom stereocenters. The fourth-order valence-electron chi connectivity index (χ4n) is 2.91. The number of fused-ring (bicyclic) bond motifs is 1. The second kappa shape index (κ2) is 7.02. The molecule has 0 aliphatic carbocycles. The molecule has 0 saturated heterocycles. The Morgan fingerprint density at radius 1 is 0.885 bits per heavy atom. The van der Waals surface area contributed by atoms with Crippen molar-refractivity contribution in [2.24, 2.45) is 0 Å². The first-order valence-electron chi connectivity index (χ1n) is 8.37. The maximum Gasteiger partial charge on any atom is 0.116 e. The standard InChI is InChI=1S/C22H18N2OS/c1-16(25)14-22-23-20-15-19(12-13-21(20)26-22)24(17-8-4-2-5-9-17)18-10-6-3-7-11-18/h2-15,25H,1H3/p-1/b16-14-. The average molecular weight is 357 g/mol. The Kier molecular flexibility index (Phi) is 4.42.